The second-order valence-electron chi connectivity index (χ2n) is 7.66. The van der Waals surface area contributed by atoms with Gasteiger partial charge in [-0.1, -0.05) is 17.3 Å². The maximum absolute atomic E-state index is 13.3. The Morgan fingerprint density at radius 3 is 2.71 bits per heavy atom. The van der Waals surface area contributed by atoms with E-state index >= 15 is 0 Å². The molecule has 1 aliphatic rings. The first kappa shape index (κ1) is 19.1. The fourth-order valence-corrected chi connectivity index (χ4v) is 3.67. The van der Waals surface area contributed by atoms with Crippen molar-refractivity contribution >= 4 is 11.4 Å². The predicted octanol–water partition coefficient (Wildman–Crippen LogP) is 2.63. The zero-order valence-electron chi connectivity index (χ0n) is 17.2. The largest absolute Gasteiger partial charge is 0.400 e. The Bertz CT molecular complexity index is 1330. The number of imidazole rings is 1. The highest BCUT2D eigenvalue weighted by atomic mass is 19.1. The van der Waals surface area contributed by atoms with E-state index < -0.39 is 5.54 Å². The molecular formula is C22H21FN8. The number of benzene rings is 1. The summed E-state index contributed by atoms with van der Waals surface area (Å²) in [5, 5.41) is 8.38. The van der Waals surface area contributed by atoms with E-state index in [0.717, 1.165) is 23.4 Å². The normalized spacial score (nSPS) is 18.4. The van der Waals surface area contributed by atoms with Crippen LogP contribution in [0.2, 0.25) is 0 Å². The van der Waals surface area contributed by atoms with Gasteiger partial charge in [0.2, 0.25) is 0 Å². The zero-order valence-corrected chi connectivity index (χ0v) is 17.2. The van der Waals surface area contributed by atoms with E-state index in [-0.39, 0.29) is 5.82 Å². The second-order valence-corrected chi connectivity index (χ2v) is 7.66. The van der Waals surface area contributed by atoms with Gasteiger partial charge in [0.05, 0.1) is 17.6 Å². The van der Waals surface area contributed by atoms with Crippen molar-refractivity contribution in [2.45, 2.75) is 32.4 Å². The van der Waals surface area contributed by atoms with Crippen LogP contribution < -0.4 is 5.73 Å². The molecule has 8 nitrogen and oxygen atoms in total. The Hall–Kier alpha value is -3.88. The summed E-state index contributed by atoms with van der Waals surface area (Å²) < 4.78 is 17.0. The van der Waals surface area contributed by atoms with Gasteiger partial charge in [0, 0.05) is 37.3 Å². The molecule has 1 atom stereocenters. The standard InChI is InChI=1S/C22H21FN8/c1-3-31-13-20(28-29-31)22(2)19(24)11-16(27-22)18-12-30-9-8-25-21(30)17(26-18)10-14-4-6-15(23)7-5-14/h4-9,11-13H,3,10,24H2,1-2H3. The molecule has 0 amide bonds. The summed E-state index contributed by atoms with van der Waals surface area (Å²) in [6.07, 6.45) is 9.68. The molecule has 0 saturated carbocycles. The molecule has 1 aliphatic heterocycles. The fourth-order valence-electron chi connectivity index (χ4n) is 3.67. The van der Waals surface area contributed by atoms with Crippen molar-refractivity contribution < 1.29 is 4.39 Å². The van der Waals surface area contributed by atoms with E-state index in [1.165, 1.54) is 12.1 Å². The summed E-state index contributed by atoms with van der Waals surface area (Å²) >= 11 is 0. The van der Waals surface area contributed by atoms with Crippen LogP contribution in [0.4, 0.5) is 4.39 Å². The number of aromatic nitrogens is 6. The molecular weight excluding hydrogens is 395 g/mol. The number of nitrogens with zero attached hydrogens (tertiary/aromatic N) is 7. The van der Waals surface area contributed by atoms with Crippen molar-refractivity contribution in [3.05, 3.63) is 89.3 Å². The monoisotopic (exact) mass is 416 g/mol. The minimum atomic E-state index is -0.800. The molecule has 0 radical (unpaired) electrons. The smallest absolute Gasteiger partial charge is 0.158 e. The SMILES string of the molecule is CCn1cc(C2(C)N=C(c3cn4ccnc4c(Cc4ccc(F)cc4)n3)C=C2N)nn1. The number of allylic oxidation sites excluding steroid dienone is 1. The molecule has 0 spiro atoms. The number of hydrogen-bond acceptors (Lipinski definition) is 6. The summed E-state index contributed by atoms with van der Waals surface area (Å²) in [5.74, 6) is -0.267. The van der Waals surface area contributed by atoms with Gasteiger partial charge < -0.3 is 10.1 Å². The lowest BCUT2D eigenvalue weighted by Gasteiger charge is -2.19. The number of aryl methyl sites for hydroxylation is 1. The molecule has 0 aliphatic carbocycles. The van der Waals surface area contributed by atoms with Crippen molar-refractivity contribution in [2.75, 3.05) is 0 Å². The zero-order chi connectivity index (χ0) is 21.6. The highest BCUT2D eigenvalue weighted by molar-refractivity contribution is 6.09. The van der Waals surface area contributed by atoms with Crippen LogP contribution in [-0.4, -0.2) is 35.1 Å². The Morgan fingerprint density at radius 2 is 1.97 bits per heavy atom. The van der Waals surface area contributed by atoms with Crippen LogP contribution in [0.3, 0.4) is 0 Å². The quantitative estimate of drug-likeness (QED) is 0.539. The molecule has 156 valence electrons. The van der Waals surface area contributed by atoms with Gasteiger partial charge in [-0.25, -0.2) is 14.4 Å². The van der Waals surface area contributed by atoms with E-state index in [2.05, 4.69) is 15.3 Å². The molecule has 4 heterocycles. The lowest BCUT2D eigenvalue weighted by atomic mass is 9.97. The van der Waals surface area contributed by atoms with E-state index in [0.29, 0.717) is 29.2 Å². The van der Waals surface area contributed by atoms with Gasteiger partial charge in [0.25, 0.3) is 0 Å². The van der Waals surface area contributed by atoms with Crippen LogP contribution in [0.15, 0.2) is 65.8 Å². The van der Waals surface area contributed by atoms with Crippen molar-refractivity contribution in [1.29, 1.82) is 0 Å². The summed E-state index contributed by atoms with van der Waals surface area (Å²) in [4.78, 5) is 14.1. The average molecular weight is 416 g/mol. The van der Waals surface area contributed by atoms with Gasteiger partial charge in [0.1, 0.15) is 22.7 Å². The van der Waals surface area contributed by atoms with Crippen LogP contribution in [-0.2, 0) is 18.5 Å². The van der Waals surface area contributed by atoms with Crippen molar-refractivity contribution in [1.82, 2.24) is 29.4 Å². The maximum Gasteiger partial charge on any atom is 0.158 e. The minimum Gasteiger partial charge on any atom is -0.400 e. The molecule has 3 aromatic heterocycles. The Labute approximate surface area is 178 Å². The van der Waals surface area contributed by atoms with Crippen LogP contribution in [0.25, 0.3) is 5.65 Å². The third-order valence-corrected chi connectivity index (χ3v) is 5.55. The van der Waals surface area contributed by atoms with Crippen LogP contribution in [0, 0.1) is 5.82 Å². The average Bonchev–Trinajstić information content (AvgIpc) is 3.49. The number of halogens is 1. The molecule has 0 fully saturated rings. The first-order valence-electron chi connectivity index (χ1n) is 10.0. The first-order valence-corrected chi connectivity index (χ1v) is 10.0. The lowest BCUT2D eigenvalue weighted by Crippen LogP contribution is -2.25. The maximum atomic E-state index is 13.3. The Morgan fingerprint density at radius 1 is 1.16 bits per heavy atom. The highest BCUT2D eigenvalue weighted by Crippen LogP contribution is 2.34. The molecule has 31 heavy (non-hydrogen) atoms. The molecule has 4 aromatic rings. The second kappa shape index (κ2) is 7.12. The minimum absolute atomic E-state index is 0.267. The molecule has 0 saturated heterocycles. The summed E-state index contributed by atoms with van der Waals surface area (Å²) in [5.41, 5.74) is 10.7. The van der Waals surface area contributed by atoms with Crippen molar-refractivity contribution in [3.63, 3.8) is 0 Å². The van der Waals surface area contributed by atoms with Gasteiger partial charge >= 0.3 is 0 Å². The van der Waals surface area contributed by atoms with Gasteiger partial charge in [-0.3, -0.25) is 9.67 Å². The molecule has 0 bridgehead atoms. The Kier molecular flexibility index (Phi) is 4.39. The topological polar surface area (TPSA) is 99.3 Å². The van der Waals surface area contributed by atoms with E-state index in [4.69, 9.17) is 15.7 Å². The molecule has 1 unspecified atom stereocenters. The van der Waals surface area contributed by atoms with Gasteiger partial charge in [-0.05, 0) is 37.6 Å². The van der Waals surface area contributed by atoms with Crippen LogP contribution in [0.5, 0.6) is 0 Å². The number of rotatable bonds is 5. The van der Waals surface area contributed by atoms with E-state index in [9.17, 15) is 4.39 Å². The van der Waals surface area contributed by atoms with Crippen LogP contribution in [0.1, 0.15) is 36.5 Å². The van der Waals surface area contributed by atoms with Crippen molar-refractivity contribution in [3.8, 4) is 0 Å². The number of aliphatic imine (C=N–C) groups is 1. The summed E-state index contributed by atoms with van der Waals surface area (Å²) in [6, 6.07) is 6.40. The third kappa shape index (κ3) is 3.27. The lowest BCUT2D eigenvalue weighted by molar-refractivity contribution is 0.573. The molecule has 2 N–H and O–H groups in total. The van der Waals surface area contributed by atoms with Gasteiger partial charge in [-0.2, -0.15) is 0 Å². The van der Waals surface area contributed by atoms with Crippen LogP contribution >= 0.6 is 0 Å². The number of nitrogens with two attached hydrogens (primary N) is 1. The predicted molar refractivity (Wildman–Crippen MR) is 114 cm³/mol. The van der Waals surface area contributed by atoms with E-state index in [1.54, 1.807) is 23.0 Å². The molecule has 1 aromatic carbocycles. The first-order chi connectivity index (χ1) is 15.0. The summed E-state index contributed by atoms with van der Waals surface area (Å²) in [6.45, 7) is 4.64. The summed E-state index contributed by atoms with van der Waals surface area (Å²) in [7, 11) is 0. The van der Waals surface area contributed by atoms with Gasteiger partial charge in [-0.15, -0.1) is 5.10 Å². The van der Waals surface area contributed by atoms with Crippen molar-refractivity contribution in [2.24, 2.45) is 10.7 Å². The Balaban J connectivity index is 1.56. The number of fused-ring (bicyclic) bond motifs is 1. The highest BCUT2D eigenvalue weighted by Gasteiger charge is 2.37. The molecule has 5 rings (SSSR count). The number of hydrogen-bond donors (Lipinski definition) is 1. The fraction of sp³-hybridized carbons (Fsp3) is 0.227. The van der Waals surface area contributed by atoms with E-state index in [1.807, 2.05) is 42.9 Å². The third-order valence-electron chi connectivity index (χ3n) is 5.55. The molecule has 9 heteroatoms. The van der Waals surface area contributed by atoms with Gasteiger partial charge in [0.15, 0.2) is 5.65 Å².